The quantitative estimate of drug-likeness (QED) is 0.765. The molecule has 0 saturated carbocycles. The second-order valence-corrected chi connectivity index (χ2v) is 5.55. The van der Waals surface area contributed by atoms with E-state index < -0.39 is 22.3 Å². The number of methoxy groups -OCH3 is 1. The zero-order valence-electron chi connectivity index (χ0n) is 9.81. The highest BCUT2D eigenvalue weighted by Crippen LogP contribution is 2.32. The van der Waals surface area contributed by atoms with Crippen LogP contribution in [0.4, 0.5) is 10.5 Å². The van der Waals surface area contributed by atoms with Gasteiger partial charge >= 0.3 is 22.3 Å². The van der Waals surface area contributed by atoms with Crippen LogP contribution in [0.2, 0.25) is 10.0 Å². The first-order valence-electron chi connectivity index (χ1n) is 4.77. The molecule has 1 aromatic rings. The lowest BCUT2D eigenvalue weighted by molar-refractivity contribution is 0.0697. The molecular weight excluding hydrogens is 335 g/mol. The first-order valence-corrected chi connectivity index (χ1v) is 7.01. The molecule has 0 heterocycles. The molecule has 1 amide bonds. The lowest BCUT2D eigenvalue weighted by Gasteiger charge is -2.12. The van der Waals surface area contributed by atoms with Crippen molar-refractivity contribution >= 4 is 51.2 Å². The van der Waals surface area contributed by atoms with Gasteiger partial charge in [0.2, 0.25) is 0 Å². The summed E-state index contributed by atoms with van der Waals surface area (Å²) < 4.78 is 30.6. The number of benzene rings is 1. The Labute approximate surface area is 123 Å². The van der Waals surface area contributed by atoms with E-state index >= 15 is 0 Å². The van der Waals surface area contributed by atoms with E-state index in [1.807, 2.05) is 4.72 Å². The Morgan fingerprint density at radius 1 is 1.25 bits per heavy atom. The Bertz CT molecular complexity index is 637. The fourth-order valence-electron chi connectivity index (χ4n) is 1.11. The van der Waals surface area contributed by atoms with Crippen molar-refractivity contribution in [1.29, 1.82) is 0 Å². The Morgan fingerprint density at radius 2 is 1.75 bits per heavy atom. The standard InChI is InChI=1S/C9H8Cl2N2O6S/c1-19-9(16)13-20(17,18)12-7-5(10)2-4(8(14)15)3-6(7)11/h2-3,12H,1H3,(H,13,16)(H,14,15). The average molecular weight is 343 g/mol. The van der Waals surface area contributed by atoms with E-state index in [0.29, 0.717) is 0 Å². The molecule has 0 spiro atoms. The van der Waals surface area contributed by atoms with Gasteiger partial charge in [0.15, 0.2) is 0 Å². The monoisotopic (exact) mass is 342 g/mol. The summed E-state index contributed by atoms with van der Waals surface area (Å²) in [5.41, 5.74) is -0.487. The van der Waals surface area contributed by atoms with Gasteiger partial charge in [-0.2, -0.15) is 8.42 Å². The molecule has 110 valence electrons. The highest BCUT2D eigenvalue weighted by atomic mass is 35.5. The van der Waals surface area contributed by atoms with Crippen molar-refractivity contribution in [1.82, 2.24) is 4.72 Å². The van der Waals surface area contributed by atoms with E-state index in [9.17, 15) is 18.0 Å². The highest BCUT2D eigenvalue weighted by molar-refractivity contribution is 7.91. The molecule has 20 heavy (non-hydrogen) atoms. The van der Waals surface area contributed by atoms with Gasteiger partial charge in [-0.1, -0.05) is 23.2 Å². The van der Waals surface area contributed by atoms with E-state index in [2.05, 4.69) is 4.74 Å². The predicted molar refractivity (Wildman–Crippen MR) is 71.5 cm³/mol. The molecule has 0 saturated heterocycles. The predicted octanol–water partition coefficient (Wildman–Crippen LogP) is 1.70. The van der Waals surface area contributed by atoms with Gasteiger partial charge in [-0.15, -0.1) is 0 Å². The molecule has 0 aliphatic carbocycles. The van der Waals surface area contributed by atoms with Crippen LogP contribution in [0.15, 0.2) is 12.1 Å². The second kappa shape index (κ2) is 6.16. The molecule has 0 fully saturated rings. The van der Waals surface area contributed by atoms with Crippen molar-refractivity contribution in [3.8, 4) is 0 Å². The molecule has 1 aromatic carbocycles. The molecule has 0 unspecified atom stereocenters. The van der Waals surface area contributed by atoms with E-state index in [-0.39, 0.29) is 21.3 Å². The second-order valence-electron chi connectivity index (χ2n) is 3.32. The Hall–Kier alpha value is -1.71. The molecular formula is C9H8Cl2N2O6S. The van der Waals surface area contributed by atoms with Gasteiger partial charge in [0, 0.05) is 0 Å². The Balaban J connectivity index is 3.10. The van der Waals surface area contributed by atoms with Gasteiger partial charge in [-0.25, -0.2) is 14.3 Å². The number of aromatic carboxylic acids is 1. The van der Waals surface area contributed by atoms with E-state index in [1.165, 1.54) is 4.72 Å². The SMILES string of the molecule is COC(=O)NS(=O)(=O)Nc1c(Cl)cc(C(=O)O)cc1Cl. The molecule has 0 radical (unpaired) electrons. The van der Waals surface area contributed by atoms with Crippen LogP contribution in [0.5, 0.6) is 0 Å². The summed E-state index contributed by atoms with van der Waals surface area (Å²) in [6.45, 7) is 0. The lowest BCUT2D eigenvalue weighted by atomic mass is 10.2. The number of anilines is 1. The van der Waals surface area contributed by atoms with Crippen LogP contribution in [0, 0.1) is 0 Å². The van der Waals surface area contributed by atoms with Crippen LogP contribution in [0.3, 0.4) is 0 Å². The van der Waals surface area contributed by atoms with Gasteiger partial charge in [0.05, 0.1) is 28.4 Å². The van der Waals surface area contributed by atoms with Gasteiger partial charge < -0.3 is 9.84 Å². The maximum Gasteiger partial charge on any atom is 0.422 e. The molecule has 11 heteroatoms. The van der Waals surface area contributed by atoms with Crippen molar-refractivity contribution < 1.29 is 27.9 Å². The fraction of sp³-hybridized carbons (Fsp3) is 0.111. The van der Waals surface area contributed by atoms with E-state index in [1.54, 1.807) is 0 Å². The minimum atomic E-state index is -4.31. The number of carboxylic acids is 1. The van der Waals surface area contributed by atoms with Gasteiger partial charge in [-0.3, -0.25) is 4.72 Å². The van der Waals surface area contributed by atoms with Crippen molar-refractivity contribution in [3.63, 3.8) is 0 Å². The zero-order valence-corrected chi connectivity index (χ0v) is 12.1. The summed E-state index contributed by atoms with van der Waals surface area (Å²) in [4.78, 5) is 21.6. The van der Waals surface area contributed by atoms with Crippen LogP contribution < -0.4 is 9.44 Å². The van der Waals surface area contributed by atoms with Gasteiger partial charge in [0.1, 0.15) is 0 Å². The van der Waals surface area contributed by atoms with Gasteiger partial charge in [0.25, 0.3) is 0 Å². The molecule has 8 nitrogen and oxygen atoms in total. The van der Waals surface area contributed by atoms with Crippen molar-refractivity contribution in [3.05, 3.63) is 27.7 Å². The maximum atomic E-state index is 11.5. The number of halogens is 2. The van der Waals surface area contributed by atoms with Gasteiger partial charge in [-0.05, 0) is 12.1 Å². The molecule has 3 N–H and O–H groups in total. The number of carboxylic acid groups (broad SMARTS) is 1. The Morgan fingerprint density at radius 3 is 2.15 bits per heavy atom. The maximum absolute atomic E-state index is 11.5. The number of amides is 1. The minimum Gasteiger partial charge on any atom is -0.478 e. The third-order valence-corrected chi connectivity index (χ3v) is 3.43. The van der Waals surface area contributed by atoms with Crippen molar-refractivity contribution in [2.75, 3.05) is 11.8 Å². The normalized spacial score (nSPS) is 10.8. The number of rotatable bonds is 4. The Kier molecular flexibility index (Phi) is 5.03. The fourth-order valence-corrected chi connectivity index (χ4v) is 2.64. The minimum absolute atomic E-state index is 0.219. The van der Waals surface area contributed by atoms with Crippen molar-refractivity contribution in [2.24, 2.45) is 0 Å². The number of ether oxygens (including phenoxy) is 1. The summed E-state index contributed by atoms with van der Waals surface area (Å²) in [5, 5.41) is 8.29. The third kappa shape index (κ3) is 4.15. The van der Waals surface area contributed by atoms with Crippen molar-refractivity contribution in [2.45, 2.75) is 0 Å². The van der Waals surface area contributed by atoms with Crippen LogP contribution >= 0.6 is 23.2 Å². The summed E-state index contributed by atoms with van der Waals surface area (Å²) in [5.74, 6) is -1.28. The molecule has 0 aromatic heterocycles. The van der Waals surface area contributed by atoms with Crippen LogP contribution in [0.25, 0.3) is 0 Å². The van der Waals surface area contributed by atoms with Crippen LogP contribution in [0.1, 0.15) is 10.4 Å². The highest BCUT2D eigenvalue weighted by Gasteiger charge is 2.19. The molecule has 0 aliphatic rings. The lowest BCUT2D eigenvalue weighted by Crippen LogP contribution is -2.35. The van der Waals surface area contributed by atoms with E-state index in [4.69, 9.17) is 28.3 Å². The molecule has 0 atom stereocenters. The topological polar surface area (TPSA) is 122 Å². The first kappa shape index (κ1) is 16.3. The summed E-state index contributed by atoms with van der Waals surface area (Å²) in [7, 11) is -3.34. The largest absolute Gasteiger partial charge is 0.478 e. The first-order chi connectivity index (χ1) is 9.16. The average Bonchev–Trinajstić information content (AvgIpc) is 2.32. The van der Waals surface area contributed by atoms with Crippen LogP contribution in [-0.4, -0.2) is 32.7 Å². The zero-order chi connectivity index (χ0) is 15.5. The summed E-state index contributed by atoms with van der Waals surface area (Å²) in [6, 6.07) is 2.01. The summed E-state index contributed by atoms with van der Waals surface area (Å²) in [6.07, 6.45) is -1.22. The smallest absolute Gasteiger partial charge is 0.422 e. The number of hydrogen-bond donors (Lipinski definition) is 3. The van der Waals surface area contributed by atoms with Crippen LogP contribution in [-0.2, 0) is 14.9 Å². The number of carbonyl (C=O) groups excluding carboxylic acids is 1. The third-order valence-electron chi connectivity index (χ3n) is 1.93. The number of nitrogens with one attached hydrogen (secondary N) is 2. The molecule has 0 aliphatic heterocycles. The number of carbonyl (C=O) groups is 2. The number of hydrogen-bond acceptors (Lipinski definition) is 5. The molecule has 0 bridgehead atoms. The molecule has 1 rings (SSSR count). The van der Waals surface area contributed by atoms with E-state index in [0.717, 1.165) is 19.2 Å². The summed E-state index contributed by atoms with van der Waals surface area (Å²) >= 11 is 11.5.